The number of imidazole rings is 1. The molecule has 0 spiro atoms. The van der Waals surface area contributed by atoms with Crippen LogP contribution in [-0.4, -0.2) is 14.4 Å². The van der Waals surface area contributed by atoms with Gasteiger partial charge in [0.1, 0.15) is 0 Å². The Kier molecular flexibility index (Phi) is 1.17. The van der Waals surface area contributed by atoms with Crippen molar-refractivity contribution in [2.75, 3.05) is 5.73 Å². The highest BCUT2D eigenvalue weighted by Gasteiger charge is 2.26. The maximum absolute atomic E-state index is 5.70. The summed E-state index contributed by atoms with van der Waals surface area (Å²) in [7, 11) is 0. The highest BCUT2D eigenvalue weighted by Crippen LogP contribution is 2.40. The van der Waals surface area contributed by atoms with Crippen LogP contribution in [0.3, 0.4) is 0 Å². The number of nitrogens with two attached hydrogens (primary N) is 1. The molecule has 0 unspecified atom stereocenters. The second-order valence-corrected chi connectivity index (χ2v) is 3.46. The average molecular weight is 174 g/mol. The lowest BCUT2D eigenvalue weighted by molar-refractivity contribution is 0.974. The molecule has 1 aliphatic carbocycles. The van der Waals surface area contributed by atoms with Crippen LogP contribution in [0.15, 0.2) is 18.6 Å². The lowest BCUT2D eigenvalue weighted by Gasteiger charge is -1.99. The zero-order valence-electron chi connectivity index (χ0n) is 7.14. The highest BCUT2D eigenvalue weighted by atomic mass is 15.1. The van der Waals surface area contributed by atoms with Crippen LogP contribution in [0.1, 0.15) is 24.5 Å². The fourth-order valence-corrected chi connectivity index (χ4v) is 1.64. The molecule has 0 bridgehead atoms. The SMILES string of the molecule is Nc1nccn2c(C3CC3)cnc12. The molecular formula is C9H10N4. The molecule has 1 aliphatic rings. The largest absolute Gasteiger partial charge is 0.381 e. The van der Waals surface area contributed by atoms with E-state index in [1.54, 1.807) is 6.20 Å². The first-order valence-corrected chi connectivity index (χ1v) is 4.43. The van der Waals surface area contributed by atoms with E-state index in [-0.39, 0.29) is 0 Å². The summed E-state index contributed by atoms with van der Waals surface area (Å²) < 4.78 is 2.04. The van der Waals surface area contributed by atoms with Crippen molar-refractivity contribution in [1.82, 2.24) is 14.4 Å². The number of nitrogens with zero attached hydrogens (tertiary/aromatic N) is 3. The summed E-state index contributed by atoms with van der Waals surface area (Å²) in [6.45, 7) is 0. The molecule has 0 amide bonds. The standard InChI is InChI=1S/C9H10N4/c10-8-9-12-5-7(6-1-2-6)13(9)4-3-11-8/h3-6H,1-2H2,(H2,10,11). The van der Waals surface area contributed by atoms with Gasteiger partial charge in [0.15, 0.2) is 11.5 Å². The summed E-state index contributed by atoms with van der Waals surface area (Å²) >= 11 is 0. The fraction of sp³-hybridized carbons (Fsp3) is 0.333. The first-order chi connectivity index (χ1) is 6.36. The summed E-state index contributed by atoms with van der Waals surface area (Å²) in [5, 5.41) is 0. The molecule has 2 heterocycles. The van der Waals surface area contributed by atoms with Crippen molar-refractivity contribution in [3.63, 3.8) is 0 Å². The summed E-state index contributed by atoms with van der Waals surface area (Å²) in [6.07, 6.45) is 8.10. The van der Waals surface area contributed by atoms with Gasteiger partial charge < -0.3 is 5.73 Å². The molecule has 2 aromatic rings. The van der Waals surface area contributed by atoms with Crippen LogP contribution < -0.4 is 5.73 Å². The third kappa shape index (κ3) is 0.915. The van der Waals surface area contributed by atoms with E-state index in [2.05, 4.69) is 9.97 Å². The molecule has 2 aromatic heterocycles. The van der Waals surface area contributed by atoms with Crippen LogP contribution >= 0.6 is 0 Å². The third-order valence-electron chi connectivity index (χ3n) is 2.48. The molecule has 1 saturated carbocycles. The van der Waals surface area contributed by atoms with Crippen LogP contribution in [0.2, 0.25) is 0 Å². The van der Waals surface area contributed by atoms with E-state index in [0.717, 1.165) is 5.65 Å². The van der Waals surface area contributed by atoms with E-state index in [1.165, 1.54) is 18.5 Å². The van der Waals surface area contributed by atoms with Crippen molar-refractivity contribution in [1.29, 1.82) is 0 Å². The van der Waals surface area contributed by atoms with Gasteiger partial charge in [-0.1, -0.05) is 0 Å². The number of anilines is 1. The normalized spacial score (nSPS) is 16.6. The van der Waals surface area contributed by atoms with Crippen molar-refractivity contribution in [3.8, 4) is 0 Å². The van der Waals surface area contributed by atoms with Gasteiger partial charge in [0, 0.05) is 30.2 Å². The van der Waals surface area contributed by atoms with E-state index in [0.29, 0.717) is 11.7 Å². The maximum Gasteiger partial charge on any atom is 0.180 e. The molecule has 13 heavy (non-hydrogen) atoms. The monoisotopic (exact) mass is 174 g/mol. The van der Waals surface area contributed by atoms with Crippen molar-refractivity contribution in [2.45, 2.75) is 18.8 Å². The van der Waals surface area contributed by atoms with Crippen LogP contribution in [0.4, 0.5) is 5.82 Å². The molecular weight excluding hydrogens is 164 g/mol. The predicted octanol–water partition coefficient (Wildman–Crippen LogP) is 1.19. The molecule has 0 saturated heterocycles. The number of aromatic nitrogens is 3. The van der Waals surface area contributed by atoms with Gasteiger partial charge in [-0.3, -0.25) is 4.40 Å². The molecule has 66 valence electrons. The smallest absolute Gasteiger partial charge is 0.180 e. The number of hydrogen-bond donors (Lipinski definition) is 1. The van der Waals surface area contributed by atoms with E-state index >= 15 is 0 Å². The minimum absolute atomic E-state index is 0.509. The van der Waals surface area contributed by atoms with Gasteiger partial charge in [0.25, 0.3) is 0 Å². The number of fused-ring (bicyclic) bond motifs is 1. The first-order valence-electron chi connectivity index (χ1n) is 4.43. The van der Waals surface area contributed by atoms with Gasteiger partial charge in [-0.2, -0.15) is 0 Å². The van der Waals surface area contributed by atoms with Gasteiger partial charge in [0.05, 0.1) is 0 Å². The van der Waals surface area contributed by atoms with E-state index in [1.807, 2.05) is 16.8 Å². The van der Waals surface area contributed by atoms with Gasteiger partial charge in [-0.05, 0) is 12.8 Å². The van der Waals surface area contributed by atoms with Crippen molar-refractivity contribution < 1.29 is 0 Å². The topological polar surface area (TPSA) is 56.2 Å². The predicted molar refractivity (Wildman–Crippen MR) is 49.4 cm³/mol. The lowest BCUT2D eigenvalue weighted by Crippen LogP contribution is -1.97. The summed E-state index contributed by atoms with van der Waals surface area (Å²) in [5.74, 6) is 1.20. The molecule has 0 aliphatic heterocycles. The summed E-state index contributed by atoms with van der Waals surface area (Å²) in [5.41, 5.74) is 7.75. The van der Waals surface area contributed by atoms with Crippen molar-refractivity contribution >= 4 is 11.5 Å². The lowest BCUT2D eigenvalue weighted by atomic mass is 10.3. The molecule has 4 nitrogen and oxygen atoms in total. The van der Waals surface area contributed by atoms with Crippen LogP contribution in [-0.2, 0) is 0 Å². The molecule has 0 radical (unpaired) electrons. The number of nitrogen functional groups attached to an aromatic ring is 1. The Morgan fingerprint density at radius 2 is 2.23 bits per heavy atom. The van der Waals surface area contributed by atoms with Gasteiger partial charge >= 0.3 is 0 Å². The Labute approximate surface area is 75.4 Å². The summed E-state index contributed by atoms with van der Waals surface area (Å²) in [6, 6.07) is 0. The number of hydrogen-bond acceptors (Lipinski definition) is 3. The zero-order valence-corrected chi connectivity index (χ0v) is 7.14. The fourth-order valence-electron chi connectivity index (χ4n) is 1.64. The Morgan fingerprint density at radius 1 is 1.38 bits per heavy atom. The van der Waals surface area contributed by atoms with E-state index in [9.17, 15) is 0 Å². The second-order valence-electron chi connectivity index (χ2n) is 3.46. The summed E-state index contributed by atoms with van der Waals surface area (Å²) in [4.78, 5) is 8.25. The van der Waals surface area contributed by atoms with Gasteiger partial charge in [-0.15, -0.1) is 0 Å². The Balaban J connectivity index is 2.32. The minimum Gasteiger partial charge on any atom is -0.381 e. The Hall–Kier alpha value is -1.58. The van der Waals surface area contributed by atoms with E-state index in [4.69, 9.17) is 5.73 Å². The minimum atomic E-state index is 0.509. The highest BCUT2D eigenvalue weighted by molar-refractivity contribution is 5.60. The molecule has 4 heteroatoms. The quantitative estimate of drug-likeness (QED) is 0.706. The number of rotatable bonds is 1. The third-order valence-corrected chi connectivity index (χ3v) is 2.48. The van der Waals surface area contributed by atoms with Crippen LogP contribution in [0.5, 0.6) is 0 Å². The Bertz CT molecular complexity index is 456. The van der Waals surface area contributed by atoms with Crippen LogP contribution in [0.25, 0.3) is 5.65 Å². The second kappa shape index (κ2) is 2.22. The van der Waals surface area contributed by atoms with Crippen LogP contribution in [0, 0.1) is 0 Å². The van der Waals surface area contributed by atoms with Gasteiger partial charge in [-0.25, -0.2) is 9.97 Å². The molecule has 2 N–H and O–H groups in total. The Morgan fingerprint density at radius 3 is 3.00 bits per heavy atom. The molecule has 1 fully saturated rings. The van der Waals surface area contributed by atoms with E-state index < -0.39 is 0 Å². The molecule has 0 aromatic carbocycles. The molecule has 0 atom stereocenters. The maximum atomic E-state index is 5.70. The zero-order chi connectivity index (χ0) is 8.84. The average Bonchev–Trinajstić information content (AvgIpc) is 2.87. The van der Waals surface area contributed by atoms with Gasteiger partial charge in [0.2, 0.25) is 0 Å². The first kappa shape index (κ1) is 6.88. The molecule has 3 rings (SSSR count). The van der Waals surface area contributed by atoms with Crippen molar-refractivity contribution in [2.24, 2.45) is 0 Å². The van der Waals surface area contributed by atoms with Crippen molar-refractivity contribution in [3.05, 3.63) is 24.3 Å².